The maximum absolute atomic E-state index is 13.5. The van der Waals surface area contributed by atoms with Crippen LogP contribution in [0.4, 0.5) is 5.82 Å². The molecule has 0 N–H and O–H groups in total. The van der Waals surface area contributed by atoms with Crippen molar-refractivity contribution in [1.29, 1.82) is 0 Å². The Kier molecular flexibility index (Phi) is 4.40. The Balaban J connectivity index is 1.87. The average molecular weight is 431 g/mol. The van der Waals surface area contributed by atoms with Crippen molar-refractivity contribution < 1.29 is 14.3 Å². The zero-order chi connectivity index (χ0) is 22.7. The van der Waals surface area contributed by atoms with E-state index in [1.54, 1.807) is 32.4 Å². The molecule has 3 aromatic rings. The molecule has 2 aliphatic rings. The maximum Gasteiger partial charge on any atom is 0.332 e. The Morgan fingerprint density at radius 1 is 0.844 bits per heavy atom. The first-order valence-electron chi connectivity index (χ1n) is 10.1. The molecule has 0 spiro atoms. The second-order valence-corrected chi connectivity index (χ2v) is 7.92. The monoisotopic (exact) mass is 431 g/mol. The highest BCUT2D eigenvalue weighted by Gasteiger charge is 2.47. The van der Waals surface area contributed by atoms with Gasteiger partial charge < -0.3 is 9.47 Å². The van der Waals surface area contributed by atoms with Gasteiger partial charge in [0.1, 0.15) is 5.82 Å². The van der Waals surface area contributed by atoms with Crippen LogP contribution in [-0.2, 0) is 14.1 Å². The Morgan fingerprint density at radius 2 is 1.53 bits per heavy atom. The first kappa shape index (κ1) is 20.0. The fourth-order valence-corrected chi connectivity index (χ4v) is 4.77. The molecule has 0 bridgehead atoms. The summed E-state index contributed by atoms with van der Waals surface area (Å²) in [6, 6.07) is 12.6. The molecule has 1 aliphatic heterocycles. The van der Waals surface area contributed by atoms with Crippen LogP contribution in [0.5, 0.6) is 11.5 Å². The molecule has 0 saturated carbocycles. The van der Waals surface area contributed by atoms with E-state index in [9.17, 15) is 14.4 Å². The van der Waals surface area contributed by atoms with E-state index in [-0.39, 0.29) is 11.6 Å². The molecule has 0 radical (unpaired) electrons. The lowest BCUT2D eigenvalue weighted by atomic mass is 9.76. The van der Waals surface area contributed by atoms with Crippen LogP contribution in [0, 0.1) is 5.92 Å². The van der Waals surface area contributed by atoms with Gasteiger partial charge in [-0.25, -0.2) is 9.79 Å². The summed E-state index contributed by atoms with van der Waals surface area (Å²) in [6.07, 6.45) is 0. The fraction of sp³-hybridized carbons (Fsp3) is 0.250. The van der Waals surface area contributed by atoms with Crippen molar-refractivity contribution in [3.8, 4) is 11.5 Å². The van der Waals surface area contributed by atoms with Crippen molar-refractivity contribution in [2.24, 2.45) is 25.0 Å². The number of carbonyl (C=O) groups is 1. The van der Waals surface area contributed by atoms with Crippen LogP contribution in [0.15, 0.2) is 57.0 Å². The smallest absolute Gasteiger partial charge is 0.332 e. The predicted octanol–water partition coefficient (Wildman–Crippen LogP) is 2.18. The first-order chi connectivity index (χ1) is 15.4. The molecule has 1 aromatic heterocycles. The van der Waals surface area contributed by atoms with Crippen molar-refractivity contribution in [3.05, 3.63) is 85.6 Å². The van der Waals surface area contributed by atoms with Gasteiger partial charge in [-0.1, -0.05) is 30.3 Å². The Morgan fingerprint density at radius 3 is 2.22 bits per heavy atom. The van der Waals surface area contributed by atoms with Crippen LogP contribution in [-0.4, -0.2) is 34.8 Å². The fourth-order valence-electron chi connectivity index (χ4n) is 4.77. The Bertz CT molecular complexity index is 1450. The molecule has 2 aromatic carbocycles. The number of ether oxygens (including phenoxy) is 2. The highest BCUT2D eigenvalue weighted by molar-refractivity contribution is 6.30. The van der Waals surface area contributed by atoms with Gasteiger partial charge in [0.05, 0.1) is 31.4 Å². The van der Waals surface area contributed by atoms with E-state index in [0.717, 1.165) is 10.1 Å². The lowest BCUT2D eigenvalue weighted by molar-refractivity contribution is 0.0953. The largest absolute Gasteiger partial charge is 0.493 e. The number of nitrogens with zero attached hydrogens (tertiary/aromatic N) is 3. The molecule has 5 rings (SSSR count). The summed E-state index contributed by atoms with van der Waals surface area (Å²) in [5.74, 6) is -0.115. The van der Waals surface area contributed by atoms with E-state index in [0.29, 0.717) is 33.9 Å². The SMILES string of the molecule is COc1ccc([C@H]2c3c(n(C)c(=O)n(C)c3=O)N=C3c4ccccc4C(=O)[C@@H]32)cc1OC. The van der Waals surface area contributed by atoms with E-state index < -0.39 is 23.1 Å². The van der Waals surface area contributed by atoms with Gasteiger partial charge in [0.25, 0.3) is 5.56 Å². The van der Waals surface area contributed by atoms with Gasteiger partial charge in [0.2, 0.25) is 0 Å². The zero-order valence-corrected chi connectivity index (χ0v) is 18.1. The predicted molar refractivity (Wildman–Crippen MR) is 119 cm³/mol. The van der Waals surface area contributed by atoms with Crippen molar-refractivity contribution in [2.45, 2.75) is 5.92 Å². The number of rotatable bonds is 3. The van der Waals surface area contributed by atoms with Crippen LogP contribution >= 0.6 is 0 Å². The normalized spacial score (nSPS) is 18.5. The molecule has 0 unspecified atom stereocenters. The quantitative estimate of drug-likeness (QED) is 0.634. The molecular formula is C24H21N3O5. The van der Waals surface area contributed by atoms with Crippen molar-refractivity contribution in [2.75, 3.05) is 14.2 Å². The molecular weight excluding hydrogens is 410 g/mol. The molecule has 2 heterocycles. The first-order valence-corrected chi connectivity index (χ1v) is 10.1. The number of fused-ring (bicyclic) bond motifs is 4. The lowest BCUT2D eigenvalue weighted by Crippen LogP contribution is -2.43. The number of hydrogen-bond acceptors (Lipinski definition) is 6. The molecule has 32 heavy (non-hydrogen) atoms. The van der Waals surface area contributed by atoms with Crippen molar-refractivity contribution in [3.63, 3.8) is 0 Å². The summed E-state index contributed by atoms with van der Waals surface area (Å²) < 4.78 is 13.2. The van der Waals surface area contributed by atoms with Gasteiger partial charge in [-0.3, -0.25) is 18.7 Å². The topological polar surface area (TPSA) is 91.9 Å². The minimum Gasteiger partial charge on any atom is -0.493 e. The number of aromatic nitrogens is 2. The van der Waals surface area contributed by atoms with Gasteiger partial charge in [0, 0.05) is 31.1 Å². The maximum atomic E-state index is 13.5. The van der Waals surface area contributed by atoms with Crippen molar-refractivity contribution >= 4 is 17.3 Å². The third-order valence-electron chi connectivity index (χ3n) is 6.35. The molecule has 0 saturated heterocycles. The van der Waals surface area contributed by atoms with E-state index in [2.05, 4.69) is 0 Å². The second kappa shape index (κ2) is 7.05. The highest BCUT2D eigenvalue weighted by Crippen LogP contribution is 2.47. The Hall–Kier alpha value is -3.94. The van der Waals surface area contributed by atoms with Gasteiger partial charge in [-0.05, 0) is 17.7 Å². The third-order valence-corrected chi connectivity index (χ3v) is 6.35. The van der Waals surface area contributed by atoms with Crippen LogP contribution in [0.1, 0.15) is 33.0 Å². The zero-order valence-electron chi connectivity index (χ0n) is 18.1. The van der Waals surface area contributed by atoms with Gasteiger partial charge in [-0.2, -0.15) is 0 Å². The van der Waals surface area contributed by atoms with Crippen LogP contribution in [0.25, 0.3) is 0 Å². The summed E-state index contributed by atoms with van der Waals surface area (Å²) in [4.78, 5) is 44.2. The van der Waals surface area contributed by atoms with Gasteiger partial charge in [0.15, 0.2) is 17.3 Å². The average Bonchev–Trinajstić information content (AvgIpc) is 3.11. The number of methoxy groups -OCH3 is 2. The number of ketones is 1. The molecule has 0 amide bonds. The lowest BCUT2D eigenvalue weighted by Gasteiger charge is -2.30. The number of carbonyl (C=O) groups excluding carboxylic acids is 1. The van der Waals surface area contributed by atoms with Crippen LogP contribution in [0.3, 0.4) is 0 Å². The van der Waals surface area contributed by atoms with Crippen LogP contribution in [0.2, 0.25) is 0 Å². The number of aliphatic imine (C=N–C) groups is 1. The summed E-state index contributed by atoms with van der Waals surface area (Å²) >= 11 is 0. The number of hydrogen-bond donors (Lipinski definition) is 0. The third kappa shape index (κ3) is 2.55. The molecule has 2 atom stereocenters. The van der Waals surface area contributed by atoms with Crippen molar-refractivity contribution in [1.82, 2.24) is 9.13 Å². The molecule has 8 nitrogen and oxygen atoms in total. The van der Waals surface area contributed by atoms with Gasteiger partial charge in [-0.15, -0.1) is 0 Å². The summed E-state index contributed by atoms with van der Waals surface area (Å²) in [5, 5.41) is 0. The molecule has 8 heteroatoms. The minimum absolute atomic E-state index is 0.0966. The number of Topliss-reactive ketones (excluding diaryl/α,β-unsaturated/α-hetero) is 1. The van der Waals surface area contributed by atoms with E-state index >= 15 is 0 Å². The standard InChI is InChI=1S/C24H21N3O5/c1-26-22-19(23(29)27(2)24(26)30)17(12-9-10-15(31-3)16(11-12)32-4)18-20(25-22)13-7-5-6-8-14(13)21(18)28/h5-11,17-18H,1-4H3/t17-,18-/m1/s1. The minimum atomic E-state index is -0.678. The van der Waals surface area contributed by atoms with E-state index in [4.69, 9.17) is 14.5 Å². The van der Waals surface area contributed by atoms with Crippen LogP contribution < -0.4 is 20.7 Å². The second-order valence-electron chi connectivity index (χ2n) is 7.92. The Labute approximate surface area is 183 Å². The summed E-state index contributed by atoms with van der Waals surface area (Å²) in [7, 11) is 6.09. The summed E-state index contributed by atoms with van der Waals surface area (Å²) in [5.41, 5.74) is 1.95. The highest BCUT2D eigenvalue weighted by atomic mass is 16.5. The van der Waals surface area contributed by atoms with E-state index in [1.165, 1.54) is 18.7 Å². The molecule has 162 valence electrons. The molecule has 1 aliphatic carbocycles. The number of benzene rings is 2. The van der Waals surface area contributed by atoms with Gasteiger partial charge >= 0.3 is 5.69 Å². The molecule has 0 fully saturated rings. The summed E-state index contributed by atoms with van der Waals surface area (Å²) in [6.45, 7) is 0. The van der Waals surface area contributed by atoms with E-state index in [1.807, 2.05) is 24.3 Å².